The van der Waals surface area contributed by atoms with Crippen LogP contribution in [0.3, 0.4) is 0 Å². The Labute approximate surface area is 160 Å². The molecule has 0 aromatic heterocycles. The van der Waals surface area contributed by atoms with Crippen molar-refractivity contribution in [1.29, 1.82) is 0 Å². The fourth-order valence-corrected chi connectivity index (χ4v) is 2.74. The second-order valence-electron chi connectivity index (χ2n) is 5.87. The van der Waals surface area contributed by atoms with Gasteiger partial charge in [0.1, 0.15) is 0 Å². The topological polar surface area (TPSA) is 54.9 Å². The first kappa shape index (κ1) is 19.7. The van der Waals surface area contributed by atoms with Gasteiger partial charge < -0.3 is 14.8 Å². The van der Waals surface area contributed by atoms with Crippen LogP contribution in [0, 0.1) is 13.8 Å². The van der Waals surface area contributed by atoms with Crippen LogP contribution in [0.15, 0.2) is 41.5 Å². The molecule has 0 aliphatic heterocycles. The van der Waals surface area contributed by atoms with Crippen LogP contribution < -0.4 is 20.2 Å². The van der Waals surface area contributed by atoms with Crippen LogP contribution in [-0.4, -0.2) is 25.0 Å². The van der Waals surface area contributed by atoms with E-state index in [0.29, 0.717) is 16.6 Å². The van der Waals surface area contributed by atoms with E-state index in [2.05, 4.69) is 28.8 Å². The minimum Gasteiger partial charge on any atom is -0.493 e. The molecule has 2 rings (SSSR count). The Balaban J connectivity index is 2.12. The van der Waals surface area contributed by atoms with E-state index < -0.39 is 0 Å². The minimum absolute atomic E-state index is 0.448. The number of aryl methyl sites for hydroxylation is 2. The summed E-state index contributed by atoms with van der Waals surface area (Å²) in [6.45, 7) is 6.15. The Hall–Kier alpha value is -2.60. The first-order valence-electron chi connectivity index (χ1n) is 8.41. The molecule has 0 bridgehead atoms. The van der Waals surface area contributed by atoms with Gasteiger partial charge in [-0.3, -0.25) is 5.43 Å². The maximum atomic E-state index is 5.36. The van der Waals surface area contributed by atoms with E-state index in [-0.39, 0.29) is 0 Å². The lowest BCUT2D eigenvalue weighted by Gasteiger charge is -2.13. The van der Waals surface area contributed by atoms with E-state index in [1.807, 2.05) is 44.2 Å². The number of nitrogens with zero attached hydrogens (tertiary/aromatic N) is 1. The highest BCUT2D eigenvalue weighted by Gasteiger charge is 2.09. The Morgan fingerprint density at radius 2 is 1.77 bits per heavy atom. The monoisotopic (exact) mass is 371 g/mol. The predicted octanol–water partition coefficient (Wildman–Crippen LogP) is 4.42. The van der Waals surface area contributed by atoms with E-state index in [1.165, 1.54) is 5.56 Å². The zero-order valence-corrected chi connectivity index (χ0v) is 16.7. The Kier molecular flexibility index (Phi) is 6.97. The molecule has 0 atom stereocenters. The predicted molar refractivity (Wildman–Crippen MR) is 112 cm³/mol. The number of anilines is 1. The van der Waals surface area contributed by atoms with Gasteiger partial charge in [0.15, 0.2) is 16.6 Å². The molecule has 0 spiro atoms. The van der Waals surface area contributed by atoms with Gasteiger partial charge in [-0.2, -0.15) is 5.10 Å². The first-order chi connectivity index (χ1) is 12.5. The molecule has 0 amide bonds. The molecule has 5 nitrogen and oxygen atoms in total. The lowest BCUT2D eigenvalue weighted by Crippen LogP contribution is -2.25. The standard InChI is InChI=1S/C20H25N3O2S/c1-6-16(15-8-10-18(24-4)19(12-15)25-5)22-23-20(26)21-17-9-7-13(2)11-14(17)3/h7-12H,6H2,1-5H3,(H2,21,23,26). The quantitative estimate of drug-likeness (QED) is 0.447. The number of ether oxygens (including phenoxy) is 2. The number of hydrazone groups is 1. The van der Waals surface area contributed by atoms with Crippen LogP contribution in [0.2, 0.25) is 0 Å². The van der Waals surface area contributed by atoms with Crippen molar-refractivity contribution in [3.05, 3.63) is 53.1 Å². The van der Waals surface area contributed by atoms with E-state index >= 15 is 0 Å². The molecule has 0 saturated carbocycles. The van der Waals surface area contributed by atoms with Gasteiger partial charge in [-0.1, -0.05) is 24.6 Å². The Morgan fingerprint density at radius 1 is 1.04 bits per heavy atom. The highest BCUT2D eigenvalue weighted by Crippen LogP contribution is 2.28. The van der Waals surface area contributed by atoms with Gasteiger partial charge in [-0.25, -0.2) is 0 Å². The lowest BCUT2D eigenvalue weighted by atomic mass is 10.1. The van der Waals surface area contributed by atoms with Gasteiger partial charge in [0, 0.05) is 11.3 Å². The number of thiocarbonyl (C=S) groups is 1. The van der Waals surface area contributed by atoms with Crippen molar-refractivity contribution < 1.29 is 9.47 Å². The molecule has 0 aliphatic rings. The first-order valence-corrected chi connectivity index (χ1v) is 8.82. The fourth-order valence-electron chi connectivity index (χ4n) is 2.59. The average Bonchev–Trinajstić information content (AvgIpc) is 2.64. The second-order valence-corrected chi connectivity index (χ2v) is 6.27. The molecule has 0 heterocycles. The summed E-state index contributed by atoms with van der Waals surface area (Å²) in [7, 11) is 3.23. The highest BCUT2D eigenvalue weighted by molar-refractivity contribution is 7.80. The van der Waals surface area contributed by atoms with Crippen LogP contribution in [0.25, 0.3) is 0 Å². The molecule has 0 aliphatic carbocycles. The van der Waals surface area contributed by atoms with Crippen molar-refractivity contribution in [1.82, 2.24) is 5.43 Å². The summed E-state index contributed by atoms with van der Waals surface area (Å²) < 4.78 is 10.6. The highest BCUT2D eigenvalue weighted by atomic mass is 32.1. The zero-order valence-electron chi connectivity index (χ0n) is 15.8. The molecule has 2 N–H and O–H groups in total. The zero-order chi connectivity index (χ0) is 19.1. The second kappa shape index (κ2) is 9.20. The summed E-state index contributed by atoms with van der Waals surface area (Å²) in [6.07, 6.45) is 0.745. The third-order valence-corrected chi connectivity index (χ3v) is 4.17. The van der Waals surface area contributed by atoms with Gasteiger partial charge in [-0.05, 0) is 62.3 Å². The van der Waals surface area contributed by atoms with Crippen LogP contribution in [0.4, 0.5) is 5.69 Å². The number of rotatable bonds is 6. The summed E-state index contributed by atoms with van der Waals surface area (Å²) in [4.78, 5) is 0. The van der Waals surface area contributed by atoms with Crippen LogP contribution >= 0.6 is 12.2 Å². The summed E-state index contributed by atoms with van der Waals surface area (Å²) in [5, 5.41) is 8.08. The van der Waals surface area contributed by atoms with E-state index in [0.717, 1.165) is 28.9 Å². The molecule has 2 aromatic rings. The Bertz CT molecular complexity index is 819. The van der Waals surface area contributed by atoms with E-state index in [4.69, 9.17) is 21.7 Å². The third-order valence-electron chi connectivity index (χ3n) is 3.97. The average molecular weight is 372 g/mol. The van der Waals surface area contributed by atoms with Gasteiger partial charge in [0.2, 0.25) is 0 Å². The van der Waals surface area contributed by atoms with Crippen molar-refractivity contribution >= 4 is 28.7 Å². The van der Waals surface area contributed by atoms with Crippen LogP contribution in [-0.2, 0) is 0 Å². The van der Waals surface area contributed by atoms with Crippen molar-refractivity contribution in [3.63, 3.8) is 0 Å². The number of benzene rings is 2. The summed E-state index contributed by atoms with van der Waals surface area (Å²) in [5.74, 6) is 1.36. The normalized spacial score (nSPS) is 11.0. The minimum atomic E-state index is 0.448. The molecular weight excluding hydrogens is 346 g/mol. The number of hydrogen-bond acceptors (Lipinski definition) is 4. The maximum Gasteiger partial charge on any atom is 0.191 e. The summed E-state index contributed by atoms with van der Waals surface area (Å²) in [5.41, 5.74) is 8.06. The molecule has 26 heavy (non-hydrogen) atoms. The number of nitrogens with one attached hydrogen (secondary N) is 2. The van der Waals surface area contributed by atoms with E-state index in [9.17, 15) is 0 Å². The fraction of sp³-hybridized carbons (Fsp3) is 0.300. The van der Waals surface area contributed by atoms with Gasteiger partial charge >= 0.3 is 0 Å². The van der Waals surface area contributed by atoms with E-state index in [1.54, 1.807) is 14.2 Å². The third kappa shape index (κ3) is 4.95. The largest absolute Gasteiger partial charge is 0.493 e. The van der Waals surface area contributed by atoms with Crippen molar-refractivity contribution in [3.8, 4) is 11.5 Å². The molecule has 0 fully saturated rings. The molecule has 0 unspecified atom stereocenters. The maximum absolute atomic E-state index is 5.36. The SMILES string of the molecule is CCC(=NNC(=S)Nc1ccc(C)cc1C)c1ccc(OC)c(OC)c1. The van der Waals surface area contributed by atoms with Crippen LogP contribution in [0.5, 0.6) is 11.5 Å². The van der Waals surface area contributed by atoms with Crippen molar-refractivity contribution in [2.24, 2.45) is 5.10 Å². The van der Waals surface area contributed by atoms with Crippen LogP contribution in [0.1, 0.15) is 30.0 Å². The van der Waals surface area contributed by atoms with Gasteiger partial charge in [0.05, 0.1) is 19.9 Å². The van der Waals surface area contributed by atoms with Gasteiger partial charge in [0.25, 0.3) is 0 Å². The number of methoxy groups -OCH3 is 2. The summed E-state index contributed by atoms with van der Waals surface area (Å²) in [6, 6.07) is 11.9. The van der Waals surface area contributed by atoms with Gasteiger partial charge in [-0.15, -0.1) is 0 Å². The molecule has 2 aromatic carbocycles. The summed E-state index contributed by atoms with van der Waals surface area (Å²) >= 11 is 5.36. The smallest absolute Gasteiger partial charge is 0.191 e. The molecular formula is C20H25N3O2S. The molecule has 0 radical (unpaired) electrons. The van der Waals surface area contributed by atoms with Crippen molar-refractivity contribution in [2.45, 2.75) is 27.2 Å². The Morgan fingerprint density at radius 3 is 2.38 bits per heavy atom. The van der Waals surface area contributed by atoms with Crippen molar-refractivity contribution in [2.75, 3.05) is 19.5 Å². The molecule has 6 heteroatoms. The molecule has 138 valence electrons. The molecule has 0 saturated heterocycles. The number of hydrogen-bond donors (Lipinski definition) is 2. The lowest BCUT2D eigenvalue weighted by molar-refractivity contribution is 0.355.